The third-order valence-corrected chi connectivity index (χ3v) is 10.8. The van der Waals surface area contributed by atoms with Crippen LogP contribution in [-0.4, -0.2) is 79.3 Å². The Morgan fingerprint density at radius 3 is 2.48 bits per heavy atom. The van der Waals surface area contributed by atoms with Crippen LogP contribution in [0.25, 0.3) is 10.8 Å². The minimum atomic E-state index is -1.32. The van der Waals surface area contributed by atoms with Crippen LogP contribution in [0.5, 0.6) is 17.2 Å². The van der Waals surface area contributed by atoms with Gasteiger partial charge in [0.25, 0.3) is 0 Å². The Hall–Kier alpha value is -4.38. The molecule has 0 radical (unpaired) electrons. The lowest BCUT2D eigenvalue weighted by Crippen LogP contribution is -2.69. The van der Waals surface area contributed by atoms with Crippen LogP contribution < -0.4 is 9.47 Å². The Morgan fingerprint density at radius 1 is 1.02 bits per heavy atom. The molecule has 0 spiro atoms. The van der Waals surface area contributed by atoms with Gasteiger partial charge in [-0.25, -0.2) is 4.79 Å². The Labute approximate surface area is 306 Å². The number of aliphatic hydroxyl groups is 2. The van der Waals surface area contributed by atoms with Gasteiger partial charge in [0.2, 0.25) is 5.79 Å². The molecule has 6 rings (SSSR count). The number of methoxy groups -OCH3 is 1. The van der Waals surface area contributed by atoms with Crippen LogP contribution in [0.4, 0.5) is 4.79 Å². The smallest absolute Gasteiger partial charge is 0.409 e. The van der Waals surface area contributed by atoms with Gasteiger partial charge in [-0.2, -0.15) is 0 Å². The quantitative estimate of drug-likeness (QED) is 0.0872. The number of hydrogen-bond acceptors (Lipinski definition) is 9. The number of likely N-dealkylation sites (N-methyl/N-ethyl adjacent to an activating group) is 1. The number of carbonyl (C=O) groups excluding carboxylic acids is 1. The maximum atomic E-state index is 13.3. The maximum Gasteiger partial charge on any atom is 0.409 e. The summed E-state index contributed by atoms with van der Waals surface area (Å²) in [6.45, 7) is 6.68. The number of benzene rings is 3. The van der Waals surface area contributed by atoms with Gasteiger partial charge < -0.3 is 38.9 Å². The van der Waals surface area contributed by atoms with E-state index in [0.29, 0.717) is 37.4 Å². The first-order valence-corrected chi connectivity index (χ1v) is 18.6. The molecule has 1 heterocycles. The number of hydrogen-bond donors (Lipinski definition) is 2. The number of unbranched alkanes of at least 4 members (excludes halogenated alkanes) is 2. The number of carbonyl (C=O) groups is 1. The van der Waals surface area contributed by atoms with E-state index in [9.17, 15) is 15.0 Å². The van der Waals surface area contributed by atoms with E-state index in [0.717, 1.165) is 59.1 Å². The number of oxime groups is 1. The van der Waals surface area contributed by atoms with Gasteiger partial charge in [-0.1, -0.05) is 60.5 Å². The topological polar surface area (TPSA) is 119 Å². The second-order valence-electron chi connectivity index (χ2n) is 13.9. The van der Waals surface area contributed by atoms with Crippen molar-refractivity contribution in [3.05, 3.63) is 90.5 Å². The molecule has 1 saturated carbocycles. The van der Waals surface area contributed by atoms with Crippen molar-refractivity contribution in [2.45, 2.75) is 69.6 Å². The normalized spacial score (nSPS) is 25.4. The predicted molar refractivity (Wildman–Crippen MR) is 201 cm³/mol. The summed E-state index contributed by atoms with van der Waals surface area (Å²) in [5.41, 5.74) is 2.72. The highest BCUT2D eigenvalue weighted by Crippen LogP contribution is 2.62. The van der Waals surface area contributed by atoms with E-state index in [-0.39, 0.29) is 37.6 Å². The van der Waals surface area contributed by atoms with Gasteiger partial charge in [0.1, 0.15) is 29.9 Å². The van der Waals surface area contributed by atoms with E-state index >= 15 is 0 Å². The highest BCUT2D eigenvalue weighted by atomic mass is 16.7. The molecule has 1 fully saturated rings. The van der Waals surface area contributed by atoms with E-state index in [1.54, 1.807) is 18.0 Å². The molecule has 2 N–H and O–H groups in total. The van der Waals surface area contributed by atoms with Gasteiger partial charge in [0.15, 0.2) is 0 Å². The van der Waals surface area contributed by atoms with Crippen molar-refractivity contribution in [3.8, 4) is 17.2 Å². The minimum absolute atomic E-state index is 0.111. The Morgan fingerprint density at radius 2 is 1.75 bits per heavy atom. The zero-order valence-corrected chi connectivity index (χ0v) is 30.5. The molecule has 278 valence electrons. The van der Waals surface area contributed by atoms with Crippen molar-refractivity contribution >= 4 is 22.6 Å². The lowest BCUT2D eigenvalue weighted by Gasteiger charge is -2.59. The lowest BCUT2D eigenvalue weighted by atomic mass is 9.55. The lowest BCUT2D eigenvalue weighted by molar-refractivity contribution is -0.253. The molecule has 3 aliphatic rings. The van der Waals surface area contributed by atoms with Gasteiger partial charge in [-0.15, -0.1) is 6.58 Å². The Balaban J connectivity index is 1.55. The van der Waals surface area contributed by atoms with Crippen LogP contribution in [0.3, 0.4) is 0 Å². The van der Waals surface area contributed by atoms with Crippen LogP contribution in [0, 0.1) is 17.8 Å². The molecule has 2 aliphatic carbocycles. The number of rotatable bonds is 16. The minimum Gasteiger partial charge on any atom is -0.459 e. The molecule has 0 aromatic heterocycles. The fraction of sp³-hybridized carbons (Fsp3) is 0.476. The molecule has 0 bridgehead atoms. The highest BCUT2D eigenvalue weighted by molar-refractivity contribution is 6.03. The van der Waals surface area contributed by atoms with Crippen molar-refractivity contribution in [3.63, 3.8) is 0 Å². The number of allylic oxidation sites excluding steroid dienone is 1. The number of ether oxygens (including phenoxy) is 4. The molecule has 6 atom stereocenters. The SMILES string of the molecule is C=CCO[C@@]12Oc3ccc(Oc4ccc5ccccc5c4)cc3[C@H]3[C@H](CCCCO)[C@@H](CCCCO)C=C(C(=NOCC)C[C@@H]1N(C)C(=O)OC)[C@H]32. The predicted octanol–water partition coefficient (Wildman–Crippen LogP) is 7.98. The van der Waals surface area contributed by atoms with Crippen molar-refractivity contribution in [2.75, 3.05) is 40.6 Å². The fourth-order valence-corrected chi connectivity index (χ4v) is 8.57. The molecule has 10 nitrogen and oxygen atoms in total. The second-order valence-corrected chi connectivity index (χ2v) is 13.9. The summed E-state index contributed by atoms with van der Waals surface area (Å²) in [5.74, 6) is 0.456. The molecule has 1 amide bonds. The van der Waals surface area contributed by atoms with Crippen LogP contribution in [0.15, 0.2) is 90.1 Å². The van der Waals surface area contributed by atoms with Gasteiger partial charge in [-0.3, -0.25) is 0 Å². The van der Waals surface area contributed by atoms with Crippen LogP contribution in [0.2, 0.25) is 0 Å². The summed E-state index contributed by atoms with van der Waals surface area (Å²) in [5, 5.41) is 26.5. The van der Waals surface area contributed by atoms with Crippen molar-refractivity contribution < 1.29 is 38.8 Å². The van der Waals surface area contributed by atoms with E-state index in [4.69, 9.17) is 23.8 Å². The van der Waals surface area contributed by atoms with E-state index in [1.807, 2.05) is 43.3 Å². The molecular formula is C42H52N2O8. The maximum absolute atomic E-state index is 13.3. The average Bonchev–Trinajstić information content (AvgIpc) is 3.17. The van der Waals surface area contributed by atoms with Gasteiger partial charge in [-0.05, 0) is 91.1 Å². The monoisotopic (exact) mass is 712 g/mol. The first-order chi connectivity index (χ1) is 25.4. The average molecular weight is 713 g/mol. The summed E-state index contributed by atoms with van der Waals surface area (Å²) in [6, 6.07) is 19.6. The highest BCUT2D eigenvalue weighted by Gasteiger charge is 2.65. The third kappa shape index (κ3) is 7.42. The zero-order chi connectivity index (χ0) is 36.7. The largest absolute Gasteiger partial charge is 0.459 e. The molecule has 1 aliphatic heterocycles. The molecule has 10 heteroatoms. The molecule has 3 aromatic rings. The first kappa shape index (κ1) is 37.4. The van der Waals surface area contributed by atoms with Gasteiger partial charge in [0, 0.05) is 38.2 Å². The Kier molecular flexibility index (Phi) is 12.2. The summed E-state index contributed by atoms with van der Waals surface area (Å²) in [7, 11) is 3.07. The van der Waals surface area contributed by atoms with E-state index in [1.165, 1.54) is 7.11 Å². The molecule has 0 unspecified atom stereocenters. The fourth-order valence-electron chi connectivity index (χ4n) is 8.57. The molecule has 52 heavy (non-hydrogen) atoms. The summed E-state index contributed by atoms with van der Waals surface area (Å²) in [6.07, 6.45) is 8.62. The zero-order valence-electron chi connectivity index (χ0n) is 30.5. The summed E-state index contributed by atoms with van der Waals surface area (Å²) in [4.78, 5) is 20.6. The molecular weight excluding hydrogens is 660 g/mol. The Bertz CT molecular complexity index is 1770. The number of nitrogens with zero attached hydrogens (tertiary/aromatic N) is 2. The first-order valence-electron chi connectivity index (χ1n) is 18.6. The standard InChI is InChI=1S/C42H52N2O8/c1-5-23-49-42-38(44(3)41(47)48-4)27-36(43-50-6-2)34-25-30(15-9-11-21-45)33(16-10-12-22-46)39(40(34)42)35-26-32(19-20-37(35)52-42)51-31-18-17-28-13-7-8-14-29(28)24-31/h5,7-8,13-14,17-20,24-26,30,33,38-40,45-46H,1,6,9-12,15-16,21-23,27H2,2-4H3/t30-,33+,38-,39+,40+,42+/m0/s1. The van der Waals surface area contributed by atoms with Gasteiger partial charge in [0.05, 0.1) is 25.3 Å². The van der Waals surface area contributed by atoms with Crippen LogP contribution in [0.1, 0.15) is 63.4 Å². The van der Waals surface area contributed by atoms with E-state index in [2.05, 4.69) is 42.1 Å². The van der Waals surface area contributed by atoms with Crippen LogP contribution >= 0.6 is 0 Å². The van der Waals surface area contributed by atoms with Crippen molar-refractivity contribution in [1.82, 2.24) is 4.90 Å². The van der Waals surface area contributed by atoms with Gasteiger partial charge >= 0.3 is 6.09 Å². The van der Waals surface area contributed by atoms with Crippen molar-refractivity contribution in [1.29, 1.82) is 0 Å². The molecule has 0 saturated heterocycles. The number of fused-ring (bicyclic) bond motifs is 3. The van der Waals surface area contributed by atoms with Crippen LogP contribution in [-0.2, 0) is 14.3 Å². The number of amides is 1. The number of aliphatic hydroxyl groups excluding tert-OH is 2. The second kappa shape index (κ2) is 17.0. The third-order valence-electron chi connectivity index (χ3n) is 10.8. The van der Waals surface area contributed by atoms with E-state index < -0.39 is 23.8 Å². The van der Waals surface area contributed by atoms with Crippen molar-refractivity contribution in [2.24, 2.45) is 22.9 Å². The summed E-state index contributed by atoms with van der Waals surface area (Å²) >= 11 is 0. The molecule has 3 aromatic carbocycles. The summed E-state index contributed by atoms with van der Waals surface area (Å²) < 4.78 is 25.8.